The number of rotatable bonds is 4. The zero-order chi connectivity index (χ0) is 13.1. The van der Waals surface area contributed by atoms with E-state index in [0.717, 1.165) is 32.9 Å². The van der Waals surface area contributed by atoms with Gasteiger partial charge in [-0.15, -0.1) is 0 Å². The third-order valence-corrected chi connectivity index (χ3v) is 2.03. The van der Waals surface area contributed by atoms with Crippen LogP contribution in [0.1, 0.15) is 26.7 Å². The highest BCUT2D eigenvalue weighted by Crippen LogP contribution is 2.06. The highest BCUT2D eigenvalue weighted by atomic mass is 16.6. The molecule has 0 aliphatic carbocycles. The molecule has 0 aromatic carbocycles. The standard InChI is InChI=1S/C9H17NO3.C2H4O2/c1-2-12-9(11)7-13-8-3-5-10-6-4-8;1-2(3)4/h8,10H,2-7H2,1H3;1H3,(H,3,4). The normalized spacial score (nSPS) is 15.6. The molecule has 0 unspecified atom stereocenters. The minimum Gasteiger partial charge on any atom is -0.481 e. The summed E-state index contributed by atoms with van der Waals surface area (Å²) in [5, 5.41) is 10.6. The summed E-state index contributed by atoms with van der Waals surface area (Å²) in [6, 6.07) is 0. The van der Waals surface area contributed by atoms with Gasteiger partial charge >= 0.3 is 5.97 Å². The van der Waals surface area contributed by atoms with Crippen LogP contribution in [-0.2, 0) is 19.1 Å². The molecule has 0 bridgehead atoms. The van der Waals surface area contributed by atoms with Crippen molar-refractivity contribution in [2.75, 3.05) is 26.3 Å². The fourth-order valence-corrected chi connectivity index (χ4v) is 1.35. The summed E-state index contributed by atoms with van der Waals surface area (Å²) < 4.78 is 10.1. The Morgan fingerprint density at radius 1 is 1.35 bits per heavy atom. The van der Waals surface area contributed by atoms with E-state index >= 15 is 0 Å². The molecular formula is C11H21NO5. The molecule has 1 aliphatic heterocycles. The topological polar surface area (TPSA) is 84.9 Å². The number of carboxylic acids is 1. The lowest BCUT2D eigenvalue weighted by Crippen LogP contribution is -2.33. The molecule has 2 N–H and O–H groups in total. The number of carbonyl (C=O) groups is 2. The fourth-order valence-electron chi connectivity index (χ4n) is 1.35. The van der Waals surface area contributed by atoms with E-state index in [4.69, 9.17) is 19.4 Å². The molecule has 100 valence electrons. The van der Waals surface area contributed by atoms with Crippen LogP contribution in [0.5, 0.6) is 0 Å². The number of piperidine rings is 1. The van der Waals surface area contributed by atoms with E-state index in [-0.39, 0.29) is 18.7 Å². The van der Waals surface area contributed by atoms with Crippen molar-refractivity contribution in [1.29, 1.82) is 0 Å². The number of carboxylic acid groups (broad SMARTS) is 1. The van der Waals surface area contributed by atoms with E-state index in [1.165, 1.54) is 0 Å². The van der Waals surface area contributed by atoms with Crippen LogP contribution in [0.15, 0.2) is 0 Å². The van der Waals surface area contributed by atoms with Gasteiger partial charge in [-0.3, -0.25) is 4.79 Å². The highest BCUT2D eigenvalue weighted by molar-refractivity contribution is 5.70. The SMILES string of the molecule is CC(=O)O.CCOC(=O)COC1CCNCC1. The summed E-state index contributed by atoms with van der Waals surface area (Å²) in [5.74, 6) is -1.10. The first-order chi connectivity index (χ1) is 8.06. The van der Waals surface area contributed by atoms with Gasteiger partial charge in [0, 0.05) is 6.92 Å². The minimum absolute atomic E-state index is 0.0957. The van der Waals surface area contributed by atoms with Gasteiger partial charge in [0.25, 0.3) is 5.97 Å². The van der Waals surface area contributed by atoms with Gasteiger partial charge < -0.3 is 19.9 Å². The van der Waals surface area contributed by atoms with Gasteiger partial charge in [0.1, 0.15) is 6.61 Å². The second-order valence-electron chi connectivity index (χ2n) is 3.58. The van der Waals surface area contributed by atoms with Gasteiger partial charge in [-0.25, -0.2) is 4.79 Å². The van der Waals surface area contributed by atoms with Crippen LogP contribution < -0.4 is 5.32 Å². The molecule has 0 aromatic heterocycles. The lowest BCUT2D eigenvalue weighted by atomic mass is 10.1. The molecule has 0 saturated carbocycles. The summed E-state index contributed by atoms with van der Waals surface area (Å²) in [6.45, 7) is 5.36. The Bertz CT molecular complexity index is 222. The Morgan fingerprint density at radius 3 is 2.35 bits per heavy atom. The number of carbonyl (C=O) groups excluding carboxylic acids is 1. The second kappa shape index (κ2) is 10.0. The van der Waals surface area contributed by atoms with Crippen molar-refractivity contribution < 1.29 is 24.2 Å². The number of ether oxygens (including phenoxy) is 2. The van der Waals surface area contributed by atoms with Crippen molar-refractivity contribution in [2.24, 2.45) is 0 Å². The van der Waals surface area contributed by atoms with E-state index < -0.39 is 5.97 Å². The molecule has 1 fully saturated rings. The first kappa shape index (κ1) is 15.9. The molecule has 0 amide bonds. The van der Waals surface area contributed by atoms with Crippen LogP contribution >= 0.6 is 0 Å². The average Bonchev–Trinajstić information content (AvgIpc) is 2.27. The van der Waals surface area contributed by atoms with Gasteiger partial charge in [-0.2, -0.15) is 0 Å². The van der Waals surface area contributed by atoms with Crippen LogP contribution in [0.4, 0.5) is 0 Å². The highest BCUT2D eigenvalue weighted by Gasteiger charge is 2.14. The van der Waals surface area contributed by atoms with Gasteiger partial charge in [0.2, 0.25) is 0 Å². The third kappa shape index (κ3) is 11.1. The minimum atomic E-state index is -0.833. The lowest BCUT2D eigenvalue weighted by Gasteiger charge is -2.22. The number of esters is 1. The Hall–Kier alpha value is -1.14. The zero-order valence-electron chi connectivity index (χ0n) is 10.4. The predicted molar refractivity (Wildman–Crippen MR) is 61.8 cm³/mol. The molecule has 1 rings (SSSR count). The number of nitrogens with one attached hydrogen (secondary N) is 1. The van der Waals surface area contributed by atoms with Crippen molar-refractivity contribution in [2.45, 2.75) is 32.8 Å². The molecule has 17 heavy (non-hydrogen) atoms. The maximum absolute atomic E-state index is 10.9. The summed E-state index contributed by atoms with van der Waals surface area (Å²) in [4.78, 5) is 19.9. The first-order valence-electron chi connectivity index (χ1n) is 5.73. The van der Waals surface area contributed by atoms with Crippen LogP contribution in [0.3, 0.4) is 0 Å². The van der Waals surface area contributed by atoms with Crippen molar-refractivity contribution in [3.05, 3.63) is 0 Å². The summed E-state index contributed by atoms with van der Waals surface area (Å²) in [5.41, 5.74) is 0. The van der Waals surface area contributed by atoms with Gasteiger partial charge in [0.05, 0.1) is 12.7 Å². The zero-order valence-corrected chi connectivity index (χ0v) is 10.4. The molecule has 0 atom stereocenters. The van der Waals surface area contributed by atoms with E-state index in [1.807, 2.05) is 0 Å². The van der Waals surface area contributed by atoms with Crippen LogP contribution in [0, 0.1) is 0 Å². The van der Waals surface area contributed by atoms with Crippen molar-refractivity contribution in [3.63, 3.8) is 0 Å². The first-order valence-corrected chi connectivity index (χ1v) is 5.73. The quantitative estimate of drug-likeness (QED) is 0.700. The maximum Gasteiger partial charge on any atom is 0.332 e. The second-order valence-corrected chi connectivity index (χ2v) is 3.58. The fraction of sp³-hybridized carbons (Fsp3) is 0.818. The Kier molecular flexibility index (Phi) is 9.37. The van der Waals surface area contributed by atoms with Crippen LogP contribution in [-0.4, -0.2) is 49.5 Å². The molecule has 6 heteroatoms. The van der Waals surface area contributed by atoms with E-state index in [0.29, 0.717) is 6.61 Å². The molecule has 0 radical (unpaired) electrons. The van der Waals surface area contributed by atoms with Gasteiger partial charge in [-0.05, 0) is 32.9 Å². The summed E-state index contributed by atoms with van der Waals surface area (Å²) in [7, 11) is 0. The third-order valence-electron chi connectivity index (χ3n) is 2.03. The number of hydrogen-bond acceptors (Lipinski definition) is 5. The number of hydrogen-bond donors (Lipinski definition) is 2. The Balaban J connectivity index is 0.000000557. The van der Waals surface area contributed by atoms with E-state index in [2.05, 4.69) is 5.32 Å². The molecule has 1 saturated heterocycles. The summed E-state index contributed by atoms with van der Waals surface area (Å²) >= 11 is 0. The average molecular weight is 247 g/mol. The molecular weight excluding hydrogens is 226 g/mol. The van der Waals surface area contributed by atoms with Crippen LogP contribution in [0.25, 0.3) is 0 Å². The van der Waals surface area contributed by atoms with Gasteiger partial charge in [0.15, 0.2) is 0 Å². The maximum atomic E-state index is 10.9. The van der Waals surface area contributed by atoms with Crippen molar-refractivity contribution in [1.82, 2.24) is 5.32 Å². The monoisotopic (exact) mass is 247 g/mol. The van der Waals surface area contributed by atoms with Crippen LogP contribution in [0.2, 0.25) is 0 Å². The smallest absolute Gasteiger partial charge is 0.332 e. The number of aliphatic carboxylic acids is 1. The Morgan fingerprint density at radius 2 is 1.88 bits per heavy atom. The van der Waals surface area contributed by atoms with Crippen molar-refractivity contribution >= 4 is 11.9 Å². The van der Waals surface area contributed by atoms with E-state index in [9.17, 15) is 4.79 Å². The van der Waals surface area contributed by atoms with Gasteiger partial charge in [-0.1, -0.05) is 0 Å². The molecule has 1 heterocycles. The molecule has 1 aliphatic rings. The Labute approximate surface area is 101 Å². The molecule has 0 spiro atoms. The molecule has 6 nitrogen and oxygen atoms in total. The van der Waals surface area contributed by atoms with E-state index in [1.54, 1.807) is 6.92 Å². The predicted octanol–water partition coefficient (Wildman–Crippen LogP) is 0.409. The largest absolute Gasteiger partial charge is 0.481 e. The van der Waals surface area contributed by atoms with Crippen molar-refractivity contribution in [3.8, 4) is 0 Å². The lowest BCUT2D eigenvalue weighted by molar-refractivity contribution is -0.151. The summed E-state index contributed by atoms with van der Waals surface area (Å²) in [6.07, 6.45) is 2.20. The molecule has 0 aromatic rings.